The molecule has 0 atom stereocenters. The predicted molar refractivity (Wildman–Crippen MR) is 133 cm³/mol. The number of nitrogens with zero attached hydrogens (tertiary/aromatic N) is 2. The molecule has 186 valence electrons. The zero-order valence-corrected chi connectivity index (χ0v) is 19.7. The Morgan fingerprint density at radius 3 is 2.66 bits per heavy atom. The number of nitrogen functional groups attached to an aromatic ring is 1. The van der Waals surface area contributed by atoms with Gasteiger partial charge in [0.2, 0.25) is 0 Å². The molecule has 1 saturated heterocycles. The average molecular weight is 485 g/mol. The molecule has 2 aromatic rings. The van der Waals surface area contributed by atoms with E-state index in [2.05, 4.69) is 16.6 Å². The van der Waals surface area contributed by atoms with E-state index in [1.807, 2.05) is 12.3 Å². The Balaban J connectivity index is 1.45. The molecule has 2 aliphatic rings. The number of nitrogens with one attached hydrogen (secondary N) is 1. The summed E-state index contributed by atoms with van der Waals surface area (Å²) in [6.07, 6.45) is 4.71. The topological polar surface area (TPSA) is 70.7 Å². The number of hydrogen-bond acceptors (Lipinski definition) is 4. The number of carbonyl (C=O) groups excluding carboxylic acids is 1. The first-order chi connectivity index (χ1) is 16.8. The monoisotopic (exact) mass is 484 g/mol. The van der Waals surface area contributed by atoms with Crippen molar-refractivity contribution in [2.75, 3.05) is 25.4 Å². The second-order valence-electron chi connectivity index (χ2n) is 9.14. The van der Waals surface area contributed by atoms with E-state index in [0.29, 0.717) is 49.3 Å². The molecule has 5 nitrogen and oxygen atoms in total. The van der Waals surface area contributed by atoms with Crippen molar-refractivity contribution in [1.29, 1.82) is 0 Å². The van der Waals surface area contributed by atoms with Crippen LogP contribution in [0.4, 0.5) is 18.9 Å². The van der Waals surface area contributed by atoms with E-state index < -0.39 is 11.7 Å². The Morgan fingerprint density at radius 1 is 1.09 bits per heavy atom. The number of benzene rings is 2. The lowest BCUT2D eigenvalue weighted by atomic mass is 9.88. The van der Waals surface area contributed by atoms with Crippen LogP contribution in [0.1, 0.15) is 71.5 Å². The van der Waals surface area contributed by atoms with Gasteiger partial charge in [0, 0.05) is 36.1 Å². The Morgan fingerprint density at radius 2 is 1.89 bits per heavy atom. The van der Waals surface area contributed by atoms with Gasteiger partial charge in [-0.15, -0.1) is 0 Å². The van der Waals surface area contributed by atoms with Gasteiger partial charge in [0.05, 0.1) is 12.1 Å². The van der Waals surface area contributed by atoms with Crippen molar-refractivity contribution in [3.05, 3.63) is 70.8 Å². The molecule has 1 fully saturated rings. The van der Waals surface area contributed by atoms with E-state index >= 15 is 0 Å². The standard InChI is InChI=1S/C27H31F3N4O/c28-27(29,30)23-7-4-6-21(17-23)19-11-15-34(16-12-19)26(35)22-8-9-25(31)24(18-22)20-5-2-1-3-13-32-33-14-10-20/h4,6-10,13,17-19,33H,1-3,5,11-12,14-16,31H2/b20-10+,32-13-. The summed E-state index contributed by atoms with van der Waals surface area (Å²) in [6.45, 7) is 1.60. The molecule has 1 amide bonds. The smallest absolute Gasteiger partial charge is 0.398 e. The van der Waals surface area contributed by atoms with Crippen LogP contribution in [0.3, 0.4) is 0 Å². The Hall–Kier alpha value is -3.29. The Kier molecular flexibility index (Phi) is 7.78. The van der Waals surface area contributed by atoms with E-state index in [4.69, 9.17) is 5.73 Å². The molecule has 0 bridgehead atoms. The lowest BCUT2D eigenvalue weighted by Crippen LogP contribution is -2.38. The van der Waals surface area contributed by atoms with Crippen molar-refractivity contribution in [2.24, 2.45) is 5.10 Å². The normalized spacial score (nSPS) is 20.4. The van der Waals surface area contributed by atoms with Crippen molar-refractivity contribution < 1.29 is 18.0 Å². The number of alkyl halides is 3. The SMILES string of the molecule is Nc1ccc(C(=O)N2CCC(c3cccc(C(F)(F)F)c3)CC2)cc1/C1=C/CN/N=C\CCCC1. The van der Waals surface area contributed by atoms with Crippen LogP contribution in [0.5, 0.6) is 0 Å². The van der Waals surface area contributed by atoms with Crippen molar-refractivity contribution in [3.63, 3.8) is 0 Å². The minimum Gasteiger partial charge on any atom is -0.398 e. The fourth-order valence-corrected chi connectivity index (χ4v) is 4.78. The van der Waals surface area contributed by atoms with E-state index in [1.165, 1.54) is 12.1 Å². The first-order valence-electron chi connectivity index (χ1n) is 12.1. The van der Waals surface area contributed by atoms with Crippen molar-refractivity contribution in [2.45, 2.75) is 50.6 Å². The molecule has 0 aromatic heterocycles. The molecule has 0 saturated carbocycles. The van der Waals surface area contributed by atoms with Crippen LogP contribution < -0.4 is 11.2 Å². The maximum atomic E-state index is 13.3. The van der Waals surface area contributed by atoms with Gasteiger partial charge in [-0.25, -0.2) is 0 Å². The fraction of sp³-hybridized carbons (Fsp3) is 0.407. The second-order valence-corrected chi connectivity index (χ2v) is 9.14. The molecular weight excluding hydrogens is 453 g/mol. The number of hydrogen-bond donors (Lipinski definition) is 2. The number of nitrogens with two attached hydrogens (primary N) is 1. The van der Waals surface area contributed by atoms with E-state index in [1.54, 1.807) is 23.1 Å². The highest BCUT2D eigenvalue weighted by atomic mass is 19.4. The van der Waals surface area contributed by atoms with Gasteiger partial charge in [0.1, 0.15) is 0 Å². The molecule has 0 spiro atoms. The lowest BCUT2D eigenvalue weighted by Gasteiger charge is -2.32. The number of halogens is 3. The van der Waals surface area contributed by atoms with Crippen LogP contribution in [0.2, 0.25) is 0 Å². The highest BCUT2D eigenvalue weighted by molar-refractivity contribution is 5.96. The van der Waals surface area contributed by atoms with Crippen LogP contribution in [0, 0.1) is 0 Å². The Labute approximate surface area is 203 Å². The second kappa shape index (κ2) is 11.0. The van der Waals surface area contributed by atoms with Crippen LogP contribution in [-0.2, 0) is 6.18 Å². The first-order valence-corrected chi connectivity index (χ1v) is 12.1. The summed E-state index contributed by atoms with van der Waals surface area (Å²) in [5.74, 6) is -0.0662. The van der Waals surface area contributed by atoms with Crippen molar-refractivity contribution in [3.8, 4) is 0 Å². The van der Waals surface area contributed by atoms with Crippen LogP contribution in [0.15, 0.2) is 53.6 Å². The number of amides is 1. The number of rotatable bonds is 3. The summed E-state index contributed by atoms with van der Waals surface area (Å²) in [6, 6.07) is 10.9. The maximum absolute atomic E-state index is 13.3. The van der Waals surface area contributed by atoms with Crippen LogP contribution >= 0.6 is 0 Å². The average Bonchev–Trinajstić information content (AvgIpc) is 2.87. The minimum atomic E-state index is -4.35. The van der Waals surface area contributed by atoms with Gasteiger partial charge >= 0.3 is 6.18 Å². The van der Waals surface area contributed by atoms with Gasteiger partial charge in [-0.1, -0.05) is 24.3 Å². The fourth-order valence-electron chi connectivity index (χ4n) is 4.78. The third kappa shape index (κ3) is 6.24. The van der Waals surface area contributed by atoms with E-state index in [9.17, 15) is 18.0 Å². The first kappa shape index (κ1) is 24.8. The van der Waals surface area contributed by atoms with Crippen molar-refractivity contribution >= 4 is 23.4 Å². The molecule has 0 radical (unpaired) electrons. The van der Waals surface area contributed by atoms with Gasteiger partial charge < -0.3 is 16.1 Å². The summed E-state index contributed by atoms with van der Waals surface area (Å²) >= 11 is 0. The summed E-state index contributed by atoms with van der Waals surface area (Å²) in [7, 11) is 0. The molecule has 8 heteroatoms. The summed E-state index contributed by atoms with van der Waals surface area (Å²) in [5, 5.41) is 4.17. The Bertz CT molecular complexity index is 1100. The quantitative estimate of drug-likeness (QED) is 0.538. The third-order valence-corrected chi connectivity index (χ3v) is 6.77. The van der Waals surface area contributed by atoms with Crippen molar-refractivity contribution in [1.82, 2.24) is 10.3 Å². The van der Waals surface area contributed by atoms with E-state index in [0.717, 1.165) is 42.9 Å². The number of likely N-dealkylation sites (tertiary alicyclic amines) is 1. The number of carbonyl (C=O) groups is 1. The summed E-state index contributed by atoms with van der Waals surface area (Å²) in [5.41, 5.74) is 12.5. The highest BCUT2D eigenvalue weighted by Crippen LogP contribution is 2.35. The van der Waals surface area contributed by atoms with Gasteiger partial charge in [-0.2, -0.15) is 18.3 Å². The summed E-state index contributed by atoms with van der Waals surface area (Å²) in [4.78, 5) is 15.1. The molecule has 2 aliphatic heterocycles. The van der Waals surface area contributed by atoms with E-state index in [-0.39, 0.29) is 11.8 Å². The molecular formula is C27H31F3N4O. The van der Waals surface area contributed by atoms with Gasteiger partial charge in [0.25, 0.3) is 5.91 Å². The molecule has 2 heterocycles. The number of piperidine rings is 1. The van der Waals surface area contributed by atoms with Gasteiger partial charge in [-0.05, 0) is 79.8 Å². The van der Waals surface area contributed by atoms with Gasteiger partial charge in [0.15, 0.2) is 0 Å². The largest absolute Gasteiger partial charge is 0.416 e. The minimum absolute atomic E-state index is 0.00610. The number of hydrazone groups is 1. The lowest BCUT2D eigenvalue weighted by molar-refractivity contribution is -0.137. The molecule has 0 unspecified atom stereocenters. The summed E-state index contributed by atoms with van der Waals surface area (Å²) < 4.78 is 39.3. The molecule has 3 N–H and O–H groups in total. The number of anilines is 1. The zero-order chi connectivity index (χ0) is 24.8. The number of allylic oxidation sites excluding steroid dienone is 1. The third-order valence-electron chi connectivity index (χ3n) is 6.77. The maximum Gasteiger partial charge on any atom is 0.416 e. The van der Waals surface area contributed by atoms with Crippen LogP contribution in [0.25, 0.3) is 5.57 Å². The highest BCUT2D eigenvalue weighted by Gasteiger charge is 2.32. The molecule has 4 rings (SSSR count). The molecule has 35 heavy (non-hydrogen) atoms. The molecule has 2 aromatic carbocycles. The predicted octanol–water partition coefficient (Wildman–Crippen LogP) is 5.84. The zero-order valence-electron chi connectivity index (χ0n) is 19.7. The van der Waals surface area contributed by atoms with Gasteiger partial charge in [-0.3, -0.25) is 4.79 Å². The molecule has 0 aliphatic carbocycles. The van der Waals surface area contributed by atoms with Crippen LogP contribution in [-0.4, -0.2) is 36.7 Å².